The Bertz CT molecular complexity index is 326. The van der Waals surface area contributed by atoms with Crippen LogP contribution in [0, 0.1) is 23.2 Å². The van der Waals surface area contributed by atoms with Crippen molar-refractivity contribution >= 4 is 28.6 Å². The quantitative estimate of drug-likeness (QED) is 0.432. The minimum Gasteiger partial charge on any atom is -0.459 e. The molecule has 102 valence electrons. The molecule has 4 bridgehead atoms. The number of carbonyl (C=O) groups excluding carboxylic acids is 1. The SMILES string of the molecule is CC(C)(CI)C(=O)OC12CC3CC(CC(C3)C1)C2. The molecule has 0 aromatic rings. The molecular formula is C15H23IO2. The maximum Gasteiger partial charge on any atom is 0.312 e. The number of halogens is 1. The van der Waals surface area contributed by atoms with Crippen molar-refractivity contribution in [3.05, 3.63) is 0 Å². The summed E-state index contributed by atoms with van der Waals surface area (Å²) in [5.41, 5.74) is -0.404. The van der Waals surface area contributed by atoms with Crippen molar-refractivity contribution in [2.45, 2.75) is 58.0 Å². The minimum atomic E-state index is -0.329. The summed E-state index contributed by atoms with van der Waals surface area (Å²) in [5, 5.41) is 0. The van der Waals surface area contributed by atoms with Crippen molar-refractivity contribution in [3.63, 3.8) is 0 Å². The van der Waals surface area contributed by atoms with Gasteiger partial charge in [-0.1, -0.05) is 22.6 Å². The van der Waals surface area contributed by atoms with Gasteiger partial charge in [0.25, 0.3) is 0 Å². The topological polar surface area (TPSA) is 26.3 Å². The van der Waals surface area contributed by atoms with Gasteiger partial charge in [-0.3, -0.25) is 4.79 Å². The molecule has 2 nitrogen and oxygen atoms in total. The lowest BCUT2D eigenvalue weighted by Crippen LogP contribution is -2.54. The predicted molar refractivity (Wildman–Crippen MR) is 79.7 cm³/mol. The Kier molecular flexibility index (Phi) is 3.19. The molecule has 0 saturated heterocycles. The minimum absolute atomic E-state index is 0.0267. The summed E-state index contributed by atoms with van der Waals surface area (Å²) < 4.78 is 6.89. The molecule has 0 N–H and O–H groups in total. The van der Waals surface area contributed by atoms with E-state index in [1.807, 2.05) is 13.8 Å². The zero-order chi connectivity index (χ0) is 13.0. The highest BCUT2D eigenvalue weighted by atomic mass is 127. The molecule has 4 saturated carbocycles. The van der Waals surface area contributed by atoms with E-state index in [1.54, 1.807) is 0 Å². The average molecular weight is 362 g/mol. The van der Waals surface area contributed by atoms with Crippen LogP contribution in [-0.2, 0) is 9.53 Å². The zero-order valence-electron chi connectivity index (χ0n) is 11.4. The van der Waals surface area contributed by atoms with Crippen LogP contribution < -0.4 is 0 Å². The average Bonchev–Trinajstić information content (AvgIpc) is 2.26. The molecule has 0 aromatic heterocycles. The van der Waals surface area contributed by atoms with E-state index in [1.165, 1.54) is 19.3 Å². The Morgan fingerprint density at radius 1 is 1.17 bits per heavy atom. The molecule has 4 fully saturated rings. The summed E-state index contributed by atoms with van der Waals surface area (Å²) >= 11 is 2.29. The second-order valence-corrected chi connectivity index (χ2v) is 8.27. The molecular weight excluding hydrogens is 339 g/mol. The van der Waals surface area contributed by atoms with Crippen LogP contribution in [-0.4, -0.2) is 16.0 Å². The third kappa shape index (κ3) is 2.20. The van der Waals surface area contributed by atoms with Crippen LogP contribution in [0.1, 0.15) is 52.4 Å². The van der Waals surface area contributed by atoms with Crippen LogP contribution in [0.25, 0.3) is 0 Å². The highest BCUT2D eigenvalue weighted by Gasteiger charge is 2.53. The fourth-order valence-corrected chi connectivity index (χ4v) is 4.86. The van der Waals surface area contributed by atoms with Gasteiger partial charge in [-0.05, 0) is 70.1 Å². The summed E-state index contributed by atoms with van der Waals surface area (Å²) in [6, 6.07) is 0. The molecule has 4 aliphatic rings. The molecule has 0 unspecified atom stereocenters. The molecule has 0 aromatic carbocycles. The Balaban J connectivity index is 1.74. The number of carbonyl (C=O) groups is 1. The van der Waals surface area contributed by atoms with Crippen LogP contribution in [0.4, 0.5) is 0 Å². The largest absolute Gasteiger partial charge is 0.459 e. The molecule has 0 amide bonds. The van der Waals surface area contributed by atoms with Gasteiger partial charge in [0.05, 0.1) is 5.41 Å². The van der Waals surface area contributed by atoms with E-state index in [4.69, 9.17) is 4.74 Å². The fourth-order valence-electron chi connectivity index (χ4n) is 4.55. The first kappa shape index (κ1) is 13.2. The molecule has 0 atom stereocenters. The Morgan fingerprint density at radius 3 is 2.00 bits per heavy atom. The number of esters is 1. The summed E-state index contributed by atoms with van der Waals surface area (Å²) in [7, 11) is 0. The van der Waals surface area contributed by atoms with E-state index in [0.29, 0.717) is 0 Å². The first-order valence-corrected chi connectivity index (χ1v) is 8.74. The summed E-state index contributed by atoms with van der Waals surface area (Å²) in [4.78, 5) is 12.4. The van der Waals surface area contributed by atoms with Crippen LogP contribution in [0.2, 0.25) is 0 Å². The van der Waals surface area contributed by atoms with Gasteiger partial charge in [0.15, 0.2) is 0 Å². The van der Waals surface area contributed by atoms with Crippen LogP contribution in [0.15, 0.2) is 0 Å². The normalized spacial score (nSPS) is 42.1. The van der Waals surface area contributed by atoms with Gasteiger partial charge < -0.3 is 4.74 Å². The van der Waals surface area contributed by atoms with Crippen molar-refractivity contribution in [2.24, 2.45) is 23.2 Å². The summed E-state index contributed by atoms with van der Waals surface area (Å²) in [6.45, 7) is 4.00. The monoisotopic (exact) mass is 362 g/mol. The van der Waals surface area contributed by atoms with E-state index in [0.717, 1.165) is 41.4 Å². The Labute approximate surface area is 123 Å². The maximum atomic E-state index is 12.4. The zero-order valence-corrected chi connectivity index (χ0v) is 13.5. The van der Waals surface area contributed by atoms with Crippen LogP contribution in [0.5, 0.6) is 0 Å². The lowest BCUT2D eigenvalue weighted by molar-refractivity contribution is -0.194. The molecule has 3 heteroatoms. The highest BCUT2D eigenvalue weighted by Crippen LogP contribution is 2.57. The number of hydrogen-bond acceptors (Lipinski definition) is 2. The Morgan fingerprint density at radius 2 is 1.61 bits per heavy atom. The summed E-state index contributed by atoms with van der Waals surface area (Å²) in [6.07, 6.45) is 7.61. The molecule has 0 aliphatic heterocycles. The van der Waals surface area contributed by atoms with Crippen LogP contribution in [0.3, 0.4) is 0 Å². The van der Waals surface area contributed by atoms with Crippen molar-refractivity contribution in [1.82, 2.24) is 0 Å². The summed E-state index contributed by atoms with van der Waals surface area (Å²) in [5.74, 6) is 2.55. The number of hydrogen-bond donors (Lipinski definition) is 0. The van der Waals surface area contributed by atoms with Gasteiger partial charge in [0, 0.05) is 4.43 Å². The number of ether oxygens (including phenoxy) is 1. The van der Waals surface area contributed by atoms with E-state index in [9.17, 15) is 4.79 Å². The number of alkyl halides is 1. The van der Waals surface area contributed by atoms with Gasteiger partial charge in [-0.2, -0.15) is 0 Å². The number of rotatable bonds is 3. The van der Waals surface area contributed by atoms with E-state index >= 15 is 0 Å². The second kappa shape index (κ2) is 4.35. The van der Waals surface area contributed by atoms with Gasteiger partial charge in [0.1, 0.15) is 5.60 Å². The molecule has 0 heterocycles. The predicted octanol–water partition coefficient (Wildman–Crippen LogP) is 3.96. The van der Waals surface area contributed by atoms with Crippen molar-refractivity contribution in [1.29, 1.82) is 0 Å². The third-order valence-corrected chi connectivity index (χ3v) is 7.08. The molecule has 4 rings (SSSR count). The van der Waals surface area contributed by atoms with Gasteiger partial charge in [-0.15, -0.1) is 0 Å². The lowest BCUT2D eigenvalue weighted by atomic mass is 9.54. The van der Waals surface area contributed by atoms with E-state index in [2.05, 4.69) is 22.6 Å². The van der Waals surface area contributed by atoms with E-state index in [-0.39, 0.29) is 17.0 Å². The maximum absolute atomic E-state index is 12.4. The third-order valence-electron chi connectivity index (χ3n) is 5.18. The van der Waals surface area contributed by atoms with Crippen molar-refractivity contribution in [3.8, 4) is 0 Å². The van der Waals surface area contributed by atoms with Crippen LogP contribution >= 0.6 is 22.6 Å². The Hall–Kier alpha value is 0.200. The second-order valence-electron chi connectivity index (χ2n) is 7.51. The standard InChI is InChI=1S/C15H23IO2/c1-14(2,9-16)13(17)18-15-6-10-3-11(7-15)5-12(4-10)8-15/h10-12H,3-9H2,1-2H3. The molecule has 0 spiro atoms. The van der Waals surface area contributed by atoms with E-state index < -0.39 is 0 Å². The van der Waals surface area contributed by atoms with Gasteiger partial charge in [-0.25, -0.2) is 0 Å². The molecule has 0 radical (unpaired) electrons. The van der Waals surface area contributed by atoms with Gasteiger partial charge >= 0.3 is 5.97 Å². The lowest BCUT2D eigenvalue weighted by Gasteiger charge is -2.56. The fraction of sp³-hybridized carbons (Fsp3) is 0.933. The first-order valence-electron chi connectivity index (χ1n) is 7.22. The molecule has 4 aliphatic carbocycles. The first-order chi connectivity index (χ1) is 8.42. The highest BCUT2D eigenvalue weighted by molar-refractivity contribution is 14.1. The van der Waals surface area contributed by atoms with Gasteiger partial charge in [0.2, 0.25) is 0 Å². The van der Waals surface area contributed by atoms with Crippen molar-refractivity contribution in [2.75, 3.05) is 4.43 Å². The smallest absolute Gasteiger partial charge is 0.312 e. The molecule has 18 heavy (non-hydrogen) atoms. The van der Waals surface area contributed by atoms with Crippen molar-refractivity contribution < 1.29 is 9.53 Å².